The third-order valence-corrected chi connectivity index (χ3v) is 6.83. The van der Waals surface area contributed by atoms with Crippen LogP contribution in [0.2, 0.25) is 0 Å². The highest BCUT2D eigenvalue weighted by atomic mass is 16.5. The topological polar surface area (TPSA) is 69.9 Å². The number of aryl methyl sites for hydroxylation is 1. The highest BCUT2D eigenvalue weighted by Gasteiger charge is 2.44. The summed E-state index contributed by atoms with van der Waals surface area (Å²) in [5.41, 5.74) is 1.85. The third-order valence-electron chi connectivity index (χ3n) is 6.83. The second-order valence-corrected chi connectivity index (χ2v) is 8.24. The summed E-state index contributed by atoms with van der Waals surface area (Å²) in [6, 6.07) is 0. The van der Waals surface area contributed by atoms with Gasteiger partial charge in [-0.15, -0.1) is 0 Å². The van der Waals surface area contributed by atoms with Crippen LogP contribution in [0.3, 0.4) is 0 Å². The quantitative estimate of drug-likeness (QED) is 0.788. The molecular formula is C20H30N4O3. The molecule has 2 amide bonds. The van der Waals surface area contributed by atoms with Gasteiger partial charge in [-0.3, -0.25) is 14.5 Å². The molecule has 4 rings (SSSR count). The van der Waals surface area contributed by atoms with Crippen molar-refractivity contribution in [2.24, 2.45) is 0 Å². The number of carbonyl (C=O) groups is 2. The molecule has 2 fully saturated rings. The van der Waals surface area contributed by atoms with Crippen LogP contribution >= 0.6 is 0 Å². The molecule has 1 aromatic rings. The SMILES string of the molecule is CCN1CC[C@@]2(CCC1=O)CN(C(=O)c1onc3c1CCCC3)CCN2C. The zero-order valence-corrected chi connectivity index (χ0v) is 16.5. The van der Waals surface area contributed by atoms with Gasteiger partial charge in [-0.1, -0.05) is 5.16 Å². The van der Waals surface area contributed by atoms with E-state index in [1.54, 1.807) is 0 Å². The van der Waals surface area contributed by atoms with Gasteiger partial charge in [0.1, 0.15) is 0 Å². The number of fused-ring (bicyclic) bond motifs is 1. The molecule has 0 radical (unpaired) electrons. The monoisotopic (exact) mass is 374 g/mol. The number of piperazine rings is 1. The van der Waals surface area contributed by atoms with Crippen LogP contribution < -0.4 is 0 Å². The number of nitrogens with zero attached hydrogens (tertiary/aromatic N) is 4. The number of carbonyl (C=O) groups excluding carboxylic acids is 2. The largest absolute Gasteiger partial charge is 0.350 e. The van der Waals surface area contributed by atoms with E-state index >= 15 is 0 Å². The predicted octanol–water partition coefficient (Wildman–Crippen LogP) is 1.71. The standard InChI is InChI=1S/C20H30N4O3/c1-3-23-11-10-20(9-8-17(23)25)14-24(13-12-22(20)2)19(26)18-15-6-4-5-7-16(15)21-27-18/h3-14H2,1-2H3/t20-/m0/s1. The Morgan fingerprint density at radius 1 is 1.15 bits per heavy atom. The lowest BCUT2D eigenvalue weighted by atomic mass is 9.86. The van der Waals surface area contributed by atoms with Crippen molar-refractivity contribution in [2.45, 2.75) is 57.4 Å². The maximum atomic E-state index is 13.2. The zero-order chi connectivity index (χ0) is 19.0. The third kappa shape index (κ3) is 3.26. The first kappa shape index (κ1) is 18.5. The lowest BCUT2D eigenvalue weighted by Gasteiger charge is -2.49. The van der Waals surface area contributed by atoms with E-state index in [0.29, 0.717) is 25.3 Å². The van der Waals surface area contributed by atoms with Crippen molar-refractivity contribution in [1.82, 2.24) is 19.9 Å². The molecule has 0 bridgehead atoms. The smallest absolute Gasteiger partial charge is 0.292 e. The first-order valence-electron chi connectivity index (χ1n) is 10.3. The summed E-state index contributed by atoms with van der Waals surface area (Å²) in [6.45, 7) is 5.72. The number of hydrogen-bond acceptors (Lipinski definition) is 5. The molecule has 0 aromatic carbocycles. The van der Waals surface area contributed by atoms with Crippen LogP contribution in [0.1, 0.15) is 60.8 Å². The Morgan fingerprint density at radius 2 is 1.96 bits per heavy atom. The second kappa shape index (κ2) is 7.26. The number of likely N-dealkylation sites (N-methyl/N-ethyl adjacent to an activating group) is 1. The summed E-state index contributed by atoms with van der Waals surface area (Å²) >= 11 is 0. The van der Waals surface area contributed by atoms with Gasteiger partial charge in [0.05, 0.1) is 5.69 Å². The highest BCUT2D eigenvalue weighted by Crippen LogP contribution is 2.33. The molecule has 3 aliphatic rings. The average molecular weight is 374 g/mol. The minimum atomic E-state index is -0.131. The fourth-order valence-electron chi connectivity index (χ4n) is 4.90. The van der Waals surface area contributed by atoms with E-state index in [1.807, 2.05) is 16.7 Å². The van der Waals surface area contributed by atoms with Gasteiger partial charge in [-0.05, 0) is 52.5 Å². The molecule has 0 unspecified atom stereocenters. The molecule has 2 saturated heterocycles. The Hall–Kier alpha value is -1.89. The van der Waals surface area contributed by atoms with Gasteiger partial charge < -0.3 is 14.3 Å². The molecule has 1 atom stereocenters. The molecule has 1 spiro atoms. The van der Waals surface area contributed by atoms with E-state index in [4.69, 9.17) is 4.52 Å². The zero-order valence-electron chi connectivity index (χ0n) is 16.5. The number of amides is 2. The highest BCUT2D eigenvalue weighted by molar-refractivity contribution is 5.93. The van der Waals surface area contributed by atoms with E-state index in [0.717, 1.165) is 69.4 Å². The van der Waals surface area contributed by atoms with Crippen molar-refractivity contribution < 1.29 is 14.1 Å². The van der Waals surface area contributed by atoms with Gasteiger partial charge in [0, 0.05) is 50.2 Å². The van der Waals surface area contributed by atoms with E-state index in [-0.39, 0.29) is 17.4 Å². The summed E-state index contributed by atoms with van der Waals surface area (Å²) in [6.07, 6.45) is 6.27. The number of aromatic nitrogens is 1. The maximum Gasteiger partial charge on any atom is 0.292 e. The van der Waals surface area contributed by atoms with E-state index in [9.17, 15) is 9.59 Å². The van der Waals surface area contributed by atoms with Gasteiger partial charge in [0.15, 0.2) is 0 Å². The van der Waals surface area contributed by atoms with Crippen molar-refractivity contribution in [3.63, 3.8) is 0 Å². The Labute approximate surface area is 160 Å². The molecule has 0 N–H and O–H groups in total. The summed E-state index contributed by atoms with van der Waals surface area (Å²) in [5, 5.41) is 4.15. The normalized spacial score (nSPS) is 27.0. The van der Waals surface area contributed by atoms with Crippen molar-refractivity contribution in [2.75, 3.05) is 39.8 Å². The van der Waals surface area contributed by atoms with Crippen LogP contribution in [-0.2, 0) is 17.6 Å². The molecule has 3 heterocycles. The van der Waals surface area contributed by atoms with Crippen LogP contribution in [0, 0.1) is 0 Å². The predicted molar refractivity (Wildman–Crippen MR) is 101 cm³/mol. The van der Waals surface area contributed by atoms with Crippen molar-refractivity contribution in [3.8, 4) is 0 Å². The second-order valence-electron chi connectivity index (χ2n) is 8.24. The first-order chi connectivity index (χ1) is 13.0. The molecular weight excluding hydrogens is 344 g/mol. The first-order valence-corrected chi connectivity index (χ1v) is 10.3. The molecule has 0 saturated carbocycles. The Balaban J connectivity index is 1.54. The lowest BCUT2D eigenvalue weighted by molar-refractivity contribution is -0.130. The molecule has 2 aliphatic heterocycles. The fraction of sp³-hybridized carbons (Fsp3) is 0.750. The van der Waals surface area contributed by atoms with Crippen LogP contribution in [0.15, 0.2) is 4.52 Å². The van der Waals surface area contributed by atoms with Gasteiger partial charge in [0.2, 0.25) is 11.7 Å². The minimum Gasteiger partial charge on any atom is -0.350 e. The van der Waals surface area contributed by atoms with Crippen molar-refractivity contribution in [1.29, 1.82) is 0 Å². The van der Waals surface area contributed by atoms with Gasteiger partial charge in [-0.25, -0.2) is 0 Å². The Kier molecular flexibility index (Phi) is 4.97. The van der Waals surface area contributed by atoms with Crippen LogP contribution in [0.5, 0.6) is 0 Å². The number of hydrogen-bond donors (Lipinski definition) is 0. The molecule has 1 aliphatic carbocycles. The van der Waals surface area contributed by atoms with Gasteiger partial charge in [0.25, 0.3) is 5.91 Å². The number of likely N-dealkylation sites (tertiary alicyclic amines) is 1. The lowest BCUT2D eigenvalue weighted by Crippen LogP contribution is -2.62. The molecule has 148 valence electrons. The Bertz CT molecular complexity index is 731. The van der Waals surface area contributed by atoms with E-state index in [1.165, 1.54) is 0 Å². The molecule has 7 heteroatoms. The van der Waals surface area contributed by atoms with Crippen molar-refractivity contribution in [3.05, 3.63) is 17.0 Å². The number of rotatable bonds is 2. The van der Waals surface area contributed by atoms with Crippen LogP contribution in [0.4, 0.5) is 0 Å². The van der Waals surface area contributed by atoms with Gasteiger partial charge in [-0.2, -0.15) is 0 Å². The maximum absolute atomic E-state index is 13.2. The average Bonchev–Trinajstić information content (AvgIpc) is 3.05. The van der Waals surface area contributed by atoms with Gasteiger partial charge >= 0.3 is 0 Å². The van der Waals surface area contributed by atoms with E-state index < -0.39 is 0 Å². The molecule has 27 heavy (non-hydrogen) atoms. The summed E-state index contributed by atoms with van der Waals surface area (Å²) in [7, 11) is 2.13. The molecule has 1 aromatic heterocycles. The van der Waals surface area contributed by atoms with Crippen molar-refractivity contribution >= 4 is 11.8 Å². The van der Waals surface area contributed by atoms with Crippen LogP contribution in [0.25, 0.3) is 0 Å². The molecule has 7 nitrogen and oxygen atoms in total. The summed E-state index contributed by atoms with van der Waals surface area (Å²) in [4.78, 5) is 31.8. The minimum absolute atomic E-state index is 0.0268. The van der Waals surface area contributed by atoms with Crippen LogP contribution in [-0.4, -0.2) is 77.0 Å². The summed E-state index contributed by atoms with van der Waals surface area (Å²) < 4.78 is 5.49. The Morgan fingerprint density at radius 3 is 2.78 bits per heavy atom. The van der Waals surface area contributed by atoms with E-state index in [2.05, 4.69) is 17.1 Å². The summed E-state index contributed by atoms with van der Waals surface area (Å²) in [5.74, 6) is 0.654. The fourth-order valence-corrected chi connectivity index (χ4v) is 4.90.